The van der Waals surface area contributed by atoms with E-state index in [1.54, 1.807) is 24.3 Å². The predicted molar refractivity (Wildman–Crippen MR) is 97.5 cm³/mol. The largest absolute Gasteiger partial charge is 0.454 e. The average molecular weight is 374 g/mol. The van der Waals surface area contributed by atoms with E-state index in [-0.39, 0.29) is 39.3 Å². The standard InChI is InChI=1S/C21H14N2O5/c1-11(23)16(9-22)17(24)10-28-21(27)15-8-4-7-14-18(15)20(26)13-6-3-2-5-12(13)19(14)25/h2-8,16,23H,10H2,1H3. The van der Waals surface area contributed by atoms with Crippen molar-refractivity contribution in [1.82, 2.24) is 0 Å². The predicted octanol–water partition coefficient (Wildman–Crippen LogP) is 2.37. The van der Waals surface area contributed by atoms with Gasteiger partial charge in [-0.3, -0.25) is 14.4 Å². The zero-order valence-corrected chi connectivity index (χ0v) is 14.8. The highest BCUT2D eigenvalue weighted by molar-refractivity contribution is 6.30. The van der Waals surface area contributed by atoms with E-state index < -0.39 is 30.1 Å². The lowest BCUT2D eigenvalue weighted by Crippen LogP contribution is -2.27. The third-order valence-electron chi connectivity index (χ3n) is 4.40. The van der Waals surface area contributed by atoms with Crippen LogP contribution in [0.25, 0.3) is 0 Å². The molecular formula is C21H14N2O5. The molecule has 7 heteroatoms. The molecule has 0 spiro atoms. The summed E-state index contributed by atoms with van der Waals surface area (Å²) in [5, 5.41) is 16.3. The number of Topliss-reactive ketones (excluding diaryl/α,β-unsaturated/α-hetero) is 1. The third-order valence-corrected chi connectivity index (χ3v) is 4.40. The van der Waals surface area contributed by atoms with Crippen molar-refractivity contribution in [2.45, 2.75) is 6.92 Å². The Kier molecular flexibility index (Phi) is 4.96. The van der Waals surface area contributed by atoms with Crippen molar-refractivity contribution in [3.8, 4) is 6.07 Å². The van der Waals surface area contributed by atoms with Gasteiger partial charge < -0.3 is 10.1 Å². The SMILES string of the molecule is CC(=N)C(C#N)C(=O)COC(=O)c1cccc2c1C(=O)c1ccccc1C2=O. The van der Waals surface area contributed by atoms with Gasteiger partial charge in [0, 0.05) is 28.0 Å². The van der Waals surface area contributed by atoms with Crippen LogP contribution in [-0.4, -0.2) is 35.6 Å². The zero-order valence-electron chi connectivity index (χ0n) is 14.8. The molecule has 0 radical (unpaired) electrons. The summed E-state index contributed by atoms with van der Waals surface area (Å²) in [6.45, 7) is 0.596. The quantitative estimate of drug-likeness (QED) is 0.540. The summed E-state index contributed by atoms with van der Waals surface area (Å²) in [7, 11) is 0. The van der Waals surface area contributed by atoms with Crippen LogP contribution in [0.5, 0.6) is 0 Å². The van der Waals surface area contributed by atoms with Gasteiger partial charge in [-0.15, -0.1) is 0 Å². The minimum absolute atomic E-state index is 0.0660. The maximum atomic E-state index is 12.9. The van der Waals surface area contributed by atoms with Gasteiger partial charge in [-0.2, -0.15) is 5.26 Å². The van der Waals surface area contributed by atoms with Crippen LogP contribution >= 0.6 is 0 Å². The molecule has 7 nitrogen and oxygen atoms in total. The molecule has 0 aromatic heterocycles. The molecule has 0 fully saturated rings. The Balaban J connectivity index is 1.91. The number of benzene rings is 2. The van der Waals surface area contributed by atoms with E-state index in [0.717, 1.165) is 0 Å². The summed E-state index contributed by atoms with van der Waals surface area (Å²) in [4.78, 5) is 50.0. The number of nitrogens with one attached hydrogen (secondary N) is 1. The van der Waals surface area contributed by atoms with E-state index in [1.807, 2.05) is 0 Å². The second-order valence-corrected chi connectivity index (χ2v) is 6.22. The first-order chi connectivity index (χ1) is 13.4. The summed E-state index contributed by atoms with van der Waals surface area (Å²) in [6.07, 6.45) is 0. The molecular weight excluding hydrogens is 360 g/mol. The van der Waals surface area contributed by atoms with Crippen molar-refractivity contribution in [2.24, 2.45) is 5.92 Å². The fraction of sp³-hybridized carbons (Fsp3) is 0.143. The van der Waals surface area contributed by atoms with E-state index in [2.05, 4.69) is 0 Å². The van der Waals surface area contributed by atoms with Crippen LogP contribution in [-0.2, 0) is 9.53 Å². The minimum Gasteiger partial charge on any atom is -0.454 e. The Morgan fingerprint density at radius 2 is 1.64 bits per heavy atom. The number of carbonyl (C=O) groups is 4. The molecule has 1 atom stereocenters. The van der Waals surface area contributed by atoms with Gasteiger partial charge in [-0.25, -0.2) is 4.79 Å². The first-order valence-electron chi connectivity index (χ1n) is 8.32. The van der Waals surface area contributed by atoms with Gasteiger partial charge in [0.25, 0.3) is 0 Å². The number of ether oxygens (including phenoxy) is 1. The molecule has 1 aliphatic carbocycles. The molecule has 28 heavy (non-hydrogen) atoms. The molecule has 1 unspecified atom stereocenters. The molecule has 2 aromatic carbocycles. The van der Waals surface area contributed by atoms with E-state index in [0.29, 0.717) is 0 Å². The molecule has 3 rings (SSSR count). The highest BCUT2D eigenvalue weighted by atomic mass is 16.5. The first kappa shape index (κ1) is 18.9. The van der Waals surface area contributed by atoms with Crippen LogP contribution in [0.1, 0.15) is 49.1 Å². The van der Waals surface area contributed by atoms with Gasteiger partial charge in [0.1, 0.15) is 5.92 Å². The Bertz CT molecular complexity index is 1090. The van der Waals surface area contributed by atoms with Crippen molar-refractivity contribution in [2.75, 3.05) is 6.61 Å². The number of hydrogen-bond donors (Lipinski definition) is 1. The van der Waals surface area contributed by atoms with Gasteiger partial charge >= 0.3 is 5.97 Å². The third kappa shape index (κ3) is 3.12. The number of fused-ring (bicyclic) bond motifs is 2. The van der Waals surface area contributed by atoms with Gasteiger partial charge in [-0.05, 0) is 13.0 Å². The second kappa shape index (κ2) is 7.37. The van der Waals surface area contributed by atoms with Crippen molar-refractivity contribution < 1.29 is 23.9 Å². The molecule has 0 saturated carbocycles. The zero-order chi connectivity index (χ0) is 20.4. The maximum Gasteiger partial charge on any atom is 0.339 e. The van der Waals surface area contributed by atoms with E-state index in [4.69, 9.17) is 15.4 Å². The summed E-state index contributed by atoms with van der Waals surface area (Å²) in [5.74, 6) is -3.84. The fourth-order valence-electron chi connectivity index (χ4n) is 3.02. The normalized spacial score (nSPS) is 13.0. The van der Waals surface area contributed by atoms with E-state index in [9.17, 15) is 19.2 Å². The van der Waals surface area contributed by atoms with Crippen LogP contribution in [0.4, 0.5) is 0 Å². The van der Waals surface area contributed by atoms with Gasteiger partial charge in [0.05, 0.1) is 11.6 Å². The molecule has 0 bridgehead atoms. The smallest absolute Gasteiger partial charge is 0.339 e. The van der Waals surface area contributed by atoms with Crippen molar-refractivity contribution in [1.29, 1.82) is 10.7 Å². The highest BCUT2D eigenvalue weighted by Crippen LogP contribution is 2.29. The fourth-order valence-corrected chi connectivity index (χ4v) is 3.02. The van der Waals surface area contributed by atoms with Crippen molar-refractivity contribution in [3.63, 3.8) is 0 Å². The number of carbonyl (C=O) groups excluding carboxylic acids is 4. The molecule has 0 aliphatic heterocycles. The number of nitrogens with zero attached hydrogens (tertiary/aromatic N) is 1. The Hall–Kier alpha value is -3.92. The summed E-state index contributed by atoms with van der Waals surface area (Å²) >= 11 is 0. The first-order valence-corrected chi connectivity index (χ1v) is 8.32. The monoisotopic (exact) mass is 374 g/mol. The molecule has 0 amide bonds. The Morgan fingerprint density at radius 3 is 2.25 bits per heavy atom. The molecule has 138 valence electrons. The van der Waals surface area contributed by atoms with Crippen LogP contribution in [0.15, 0.2) is 42.5 Å². The Morgan fingerprint density at radius 1 is 1.04 bits per heavy atom. The number of rotatable bonds is 5. The number of esters is 1. The van der Waals surface area contributed by atoms with Crippen molar-refractivity contribution in [3.05, 3.63) is 70.3 Å². The maximum absolute atomic E-state index is 12.9. The summed E-state index contributed by atoms with van der Waals surface area (Å²) in [5.41, 5.74) is 0.203. The lowest BCUT2D eigenvalue weighted by atomic mass is 9.82. The van der Waals surface area contributed by atoms with E-state index in [1.165, 1.54) is 31.2 Å². The minimum atomic E-state index is -1.30. The topological polar surface area (TPSA) is 125 Å². The lowest BCUT2D eigenvalue weighted by molar-refractivity contribution is -0.122. The number of ketones is 3. The van der Waals surface area contributed by atoms with Crippen LogP contribution in [0, 0.1) is 22.7 Å². The van der Waals surface area contributed by atoms with Gasteiger partial charge in [-0.1, -0.05) is 36.4 Å². The van der Waals surface area contributed by atoms with Gasteiger partial charge in [0.2, 0.25) is 0 Å². The molecule has 0 saturated heterocycles. The molecule has 1 N–H and O–H groups in total. The molecule has 1 aliphatic rings. The van der Waals surface area contributed by atoms with Crippen LogP contribution in [0.3, 0.4) is 0 Å². The Labute approximate surface area is 160 Å². The highest BCUT2D eigenvalue weighted by Gasteiger charge is 2.33. The summed E-state index contributed by atoms with van der Waals surface area (Å²) < 4.78 is 4.96. The number of nitriles is 1. The average Bonchev–Trinajstić information content (AvgIpc) is 2.70. The van der Waals surface area contributed by atoms with Crippen LogP contribution in [0.2, 0.25) is 0 Å². The molecule has 2 aromatic rings. The molecule has 0 heterocycles. The second-order valence-electron chi connectivity index (χ2n) is 6.22. The van der Waals surface area contributed by atoms with Gasteiger partial charge in [0.15, 0.2) is 24.0 Å². The van der Waals surface area contributed by atoms with Crippen LogP contribution < -0.4 is 0 Å². The van der Waals surface area contributed by atoms with E-state index >= 15 is 0 Å². The summed E-state index contributed by atoms with van der Waals surface area (Å²) in [6, 6.07) is 12.3. The van der Waals surface area contributed by atoms with Crippen molar-refractivity contribution >= 4 is 29.0 Å². The number of hydrogen-bond acceptors (Lipinski definition) is 7. The lowest BCUT2D eigenvalue weighted by Gasteiger charge is -2.19.